The largest absolute Gasteiger partial charge is 0.490 e. The molecule has 2 rings (SSSR count). The smallest absolute Gasteiger partial charge is 0.119 e. The van der Waals surface area contributed by atoms with Crippen LogP contribution in [0, 0.1) is 0 Å². The minimum atomic E-state index is -0.523. The Morgan fingerprint density at radius 2 is 1.77 bits per heavy atom. The molecule has 0 aliphatic heterocycles. The van der Waals surface area contributed by atoms with Crippen molar-refractivity contribution < 1.29 is 9.84 Å². The van der Waals surface area contributed by atoms with Crippen molar-refractivity contribution in [3.8, 4) is 5.75 Å². The third kappa shape index (κ3) is 7.16. The number of ether oxygens (including phenoxy) is 1. The minimum Gasteiger partial charge on any atom is -0.490 e. The number of halogens is 1. The summed E-state index contributed by atoms with van der Waals surface area (Å²) in [7, 11) is 2.05. The second kappa shape index (κ2) is 11.0. The first-order valence-corrected chi connectivity index (χ1v) is 9.47. The van der Waals surface area contributed by atoms with Crippen LogP contribution in [0.3, 0.4) is 0 Å². The molecule has 0 spiro atoms. The number of likely N-dealkylation sites (N-methyl/N-ethyl adjacent to an activating group) is 1. The van der Waals surface area contributed by atoms with E-state index in [1.54, 1.807) is 0 Å². The fourth-order valence-electron chi connectivity index (χ4n) is 2.51. The predicted molar refractivity (Wildman–Crippen MR) is 112 cm³/mol. The van der Waals surface area contributed by atoms with Gasteiger partial charge in [0.25, 0.3) is 0 Å². The van der Waals surface area contributed by atoms with Crippen LogP contribution < -0.4 is 4.74 Å². The number of rotatable bonds is 10. The topological polar surface area (TPSA) is 32.7 Å². The molecule has 2 aromatic rings. The van der Waals surface area contributed by atoms with E-state index in [9.17, 15) is 5.11 Å². The fraction of sp³-hybridized carbons (Fsp3) is 0.273. The zero-order valence-corrected chi connectivity index (χ0v) is 16.7. The molecule has 1 atom stereocenters. The van der Waals surface area contributed by atoms with Gasteiger partial charge in [0.15, 0.2) is 0 Å². The average Bonchev–Trinajstić information content (AvgIpc) is 2.64. The summed E-state index contributed by atoms with van der Waals surface area (Å²) in [5.74, 6) is 0.800. The summed E-state index contributed by atoms with van der Waals surface area (Å²) in [6.07, 6.45) is 6.05. The minimum absolute atomic E-state index is 0.523. The monoisotopic (exact) mass is 415 g/mol. The van der Waals surface area contributed by atoms with Gasteiger partial charge in [-0.05, 0) is 42.4 Å². The van der Waals surface area contributed by atoms with Crippen LogP contribution >= 0.6 is 15.9 Å². The first kappa shape index (κ1) is 20.4. The summed E-state index contributed by atoms with van der Waals surface area (Å²) in [6.45, 7) is 5.99. The molecule has 0 heterocycles. The van der Waals surface area contributed by atoms with Crippen LogP contribution in [-0.2, 0) is 6.42 Å². The van der Waals surface area contributed by atoms with E-state index in [0.717, 1.165) is 34.4 Å². The Morgan fingerprint density at radius 1 is 1.08 bits per heavy atom. The number of aliphatic hydroxyl groups is 1. The Labute approximate surface area is 164 Å². The van der Waals surface area contributed by atoms with Crippen LogP contribution in [0.4, 0.5) is 0 Å². The standard InChI is InChI=1S/C22H26BrNO2/c1-3-14-24(2)15-4-5-16-26-21-12-8-19(9-13-21)22(25)17-18-6-10-20(23)11-7-18/h3-13,22,25H,1,14-17H2,2H3/t22-/m0/s1. The molecule has 26 heavy (non-hydrogen) atoms. The highest BCUT2D eigenvalue weighted by Crippen LogP contribution is 2.22. The Bertz CT molecular complexity index is 695. The zero-order valence-electron chi connectivity index (χ0n) is 15.1. The molecule has 4 heteroatoms. The quantitative estimate of drug-likeness (QED) is 0.566. The summed E-state index contributed by atoms with van der Waals surface area (Å²) >= 11 is 3.42. The van der Waals surface area contributed by atoms with Gasteiger partial charge < -0.3 is 9.84 Å². The highest BCUT2D eigenvalue weighted by Gasteiger charge is 2.08. The molecule has 0 amide bonds. The van der Waals surface area contributed by atoms with Crippen molar-refractivity contribution >= 4 is 15.9 Å². The van der Waals surface area contributed by atoms with Gasteiger partial charge in [0.2, 0.25) is 0 Å². The van der Waals surface area contributed by atoms with E-state index in [4.69, 9.17) is 4.74 Å². The van der Waals surface area contributed by atoms with Gasteiger partial charge in [-0.2, -0.15) is 0 Å². The van der Waals surface area contributed by atoms with Gasteiger partial charge in [-0.1, -0.05) is 58.4 Å². The highest BCUT2D eigenvalue weighted by atomic mass is 79.9. The van der Waals surface area contributed by atoms with Crippen LogP contribution in [0.15, 0.2) is 77.8 Å². The summed E-state index contributed by atoms with van der Waals surface area (Å²) < 4.78 is 6.74. The lowest BCUT2D eigenvalue weighted by Crippen LogP contribution is -2.17. The van der Waals surface area contributed by atoms with Gasteiger partial charge in [-0.15, -0.1) is 6.58 Å². The molecule has 0 saturated heterocycles. The van der Waals surface area contributed by atoms with Crippen molar-refractivity contribution in [1.82, 2.24) is 4.90 Å². The molecule has 0 unspecified atom stereocenters. The fourth-order valence-corrected chi connectivity index (χ4v) is 2.77. The van der Waals surface area contributed by atoms with Crippen LogP contribution in [-0.4, -0.2) is 36.8 Å². The second-order valence-electron chi connectivity index (χ2n) is 6.21. The van der Waals surface area contributed by atoms with E-state index < -0.39 is 6.10 Å². The summed E-state index contributed by atoms with van der Waals surface area (Å²) in [5.41, 5.74) is 1.99. The molecule has 0 aliphatic carbocycles. The number of benzene rings is 2. The lowest BCUT2D eigenvalue weighted by atomic mass is 10.0. The van der Waals surface area contributed by atoms with Crippen LogP contribution in [0.2, 0.25) is 0 Å². The lowest BCUT2D eigenvalue weighted by Gasteiger charge is -2.12. The SMILES string of the molecule is C=CCN(C)CC=CCOc1ccc([C@@H](O)Cc2ccc(Br)cc2)cc1. The van der Waals surface area contributed by atoms with Crippen LogP contribution in [0.5, 0.6) is 5.75 Å². The molecule has 0 fully saturated rings. The maximum absolute atomic E-state index is 10.4. The predicted octanol–water partition coefficient (Wildman–Crippen LogP) is 4.78. The highest BCUT2D eigenvalue weighted by molar-refractivity contribution is 9.10. The van der Waals surface area contributed by atoms with Crippen molar-refractivity contribution in [3.05, 3.63) is 88.9 Å². The molecule has 0 radical (unpaired) electrons. The number of aliphatic hydroxyl groups excluding tert-OH is 1. The first-order chi connectivity index (χ1) is 12.6. The van der Waals surface area contributed by atoms with Gasteiger partial charge >= 0.3 is 0 Å². The van der Waals surface area contributed by atoms with Crippen molar-refractivity contribution in [2.24, 2.45) is 0 Å². The third-order valence-electron chi connectivity index (χ3n) is 3.98. The van der Waals surface area contributed by atoms with Gasteiger partial charge in [0, 0.05) is 24.0 Å². The second-order valence-corrected chi connectivity index (χ2v) is 7.12. The van der Waals surface area contributed by atoms with E-state index in [1.807, 2.05) is 67.7 Å². The Balaban J connectivity index is 1.79. The lowest BCUT2D eigenvalue weighted by molar-refractivity contribution is 0.178. The molecular formula is C22H26BrNO2. The summed E-state index contributed by atoms with van der Waals surface area (Å²) in [5, 5.41) is 10.4. The van der Waals surface area contributed by atoms with E-state index in [0.29, 0.717) is 13.0 Å². The molecule has 1 N–H and O–H groups in total. The van der Waals surface area contributed by atoms with Crippen molar-refractivity contribution in [2.45, 2.75) is 12.5 Å². The van der Waals surface area contributed by atoms with Gasteiger partial charge in [-0.25, -0.2) is 0 Å². The van der Waals surface area contributed by atoms with Crippen LogP contribution in [0.25, 0.3) is 0 Å². The Hall–Kier alpha value is -1.88. The van der Waals surface area contributed by atoms with E-state index in [-0.39, 0.29) is 0 Å². The molecule has 0 saturated carbocycles. The Morgan fingerprint density at radius 3 is 2.42 bits per heavy atom. The molecule has 2 aromatic carbocycles. The zero-order chi connectivity index (χ0) is 18.8. The maximum Gasteiger partial charge on any atom is 0.119 e. The van der Waals surface area contributed by atoms with Crippen molar-refractivity contribution in [1.29, 1.82) is 0 Å². The molecule has 3 nitrogen and oxygen atoms in total. The van der Waals surface area contributed by atoms with Gasteiger partial charge in [0.1, 0.15) is 12.4 Å². The molecular weight excluding hydrogens is 390 g/mol. The summed E-state index contributed by atoms with van der Waals surface area (Å²) in [6, 6.07) is 15.6. The first-order valence-electron chi connectivity index (χ1n) is 8.68. The molecule has 0 aromatic heterocycles. The third-order valence-corrected chi connectivity index (χ3v) is 4.51. The molecule has 0 bridgehead atoms. The van der Waals surface area contributed by atoms with E-state index in [2.05, 4.69) is 33.5 Å². The van der Waals surface area contributed by atoms with Crippen molar-refractivity contribution in [2.75, 3.05) is 26.7 Å². The van der Waals surface area contributed by atoms with Crippen molar-refractivity contribution in [3.63, 3.8) is 0 Å². The molecule has 138 valence electrons. The van der Waals surface area contributed by atoms with E-state index in [1.165, 1.54) is 0 Å². The number of hydrogen-bond donors (Lipinski definition) is 1. The summed E-state index contributed by atoms with van der Waals surface area (Å²) in [4.78, 5) is 2.16. The maximum atomic E-state index is 10.4. The van der Waals surface area contributed by atoms with Crippen LogP contribution in [0.1, 0.15) is 17.2 Å². The van der Waals surface area contributed by atoms with Gasteiger partial charge in [-0.3, -0.25) is 4.90 Å². The number of nitrogens with zero attached hydrogens (tertiary/aromatic N) is 1. The Kier molecular flexibility index (Phi) is 8.62. The van der Waals surface area contributed by atoms with Gasteiger partial charge in [0.05, 0.1) is 6.10 Å². The average molecular weight is 416 g/mol. The number of hydrogen-bond acceptors (Lipinski definition) is 3. The normalized spacial score (nSPS) is 12.5. The van der Waals surface area contributed by atoms with E-state index >= 15 is 0 Å². The molecule has 0 aliphatic rings.